The maximum atomic E-state index is 12.6. The molecule has 0 aliphatic carbocycles. The van der Waals surface area contributed by atoms with Crippen molar-refractivity contribution < 1.29 is 14.7 Å². The van der Waals surface area contributed by atoms with Crippen LogP contribution in [0.15, 0.2) is 48.7 Å². The van der Waals surface area contributed by atoms with Gasteiger partial charge in [0.25, 0.3) is 11.8 Å². The lowest BCUT2D eigenvalue weighted by atomic mass is 10.0. The van der Waals surface area contributed by atoms with Crippen molar-refractivity contribution in [3.8, 4) is 5.75 Å². The number of rotatable bonds is 3. The first-order valence-corrected chi connectivity index (χ1v) is 7.83. The molecule has 1 aromatic heterocycles. The number of nitrogens with zero attached hydrogens (tertiary/aromatic N) is 1. The van der Waals surface area contributed by atoms with Crippen molar-refractivity contribution >= 4 is 22.7 Å². The molecule has 4 rings (SSSR count). The second-order valence-electron chi connectivity index (χ2n) is 6.09. The Balaban J connectivity index is 1.65. The van der Waals surface area contributed by atoms with Gasteiger partial charge < -0.3 is 10.1 Å². The smallest absolute Gasteiger partial charge is 0.261 e. The number of para-hydroxylation sites is 1. The number of benzene rings is 2. The molecule has 1 aliphatic rings. The van der Waals surface area contributed by atoms with Gasteiger partial charge in [0.1, 0.15) is 5.75 Å². The quantitative estimate of drug-likeness (QED) is 0.728. The second-order valence-corrected chi connectivity index (χ2v) is 6.09. The highest BCUT2D eigenvalue weighted by molar-refractivity contribution is 6.21. The van der Waals surface area contributed by atoms with E-state index < -0.39 is 0 Å². The lowest BCUT2D eigenvalue weighted by molar-refractivity contribution is 0.0597. The number of fused-ring (bicyclic) bond motifs is 2. The Kier molecular flexibility index (Phi) is 3.16. The minimum Gasteiger partial charge on any atom is -0.506 e. The number of nitrogens with one attached hydrogen (secondary N) is 1. The summed E-state index contributed by atoms with van der Waals surface area (Å²) in [4.78, 5) is 29.5. The summed E-state index contributed by atoms with van der Waals surface area (Å²) in [5.74, 6) is -0.302. The number of phenols is 1. The number of carbonyl (C=O) groups excluding carboxylic acids is 2. The topological polar surface area (TPSA) is 73.4 Å². The van der Waals surface area contributed by atoms with Crippen molar-refractivity contribution in [2.45, 2.75) is 19.4 Å². The molecular weight excluding hydrogens is 304 g/mol. The van der Waals surface area contributed by atoms with Crippen LogP contribution in [0.1, 0.15) is 33.2 Å². The van der Waals surface area contributed by atoms with Gasteiger partial charge in [-0.1, -0.05) is 24.3 Å². The van der Waals surface area contributed by atoms with E-state index in [-0.39, 0.29) is 23.6 Å². The Bertz CT molecular complexity index is 939. The molecule has 24 heavy (non-hydrogen) atoms. The van der Waals surface area contributed by atoms with Crippen LogP contribution in [0.3, 0.4) is 0 Å². The van der Waals surface area contributed by atoms with Gasteiger partial charge in [-0.15, -0.1) is 0 Å². The molecule has 0 fully saturated rings. The summed E-state index contributed by atoms with van der Waals surface area (Å²) >= 11 is 0. The zero-order valence-corrected chi connectivity index (χ0v) is 13.1. The van der Waals surface area contributed by atoms with Gasteiger partial charge in [0, 0.05) is 17.6 Å². The highest BCUT2D eigenvalue weighted by Gasteiger charge is 2.38. The molecule has 1 aliphatic heterocycles. The van der Waals surface area contributed by atoms with E-state index in [9.17, 15) is 14.7 Å². The Morgan fingerprint density at radius 3 is 2.38 bits per heavy atom. The van der Waals surface area contributed by atoms with E-state index >= 15 is 0 Å². The first kappa shape index (κ1) is 14.5. The summed E-state index contributed by atoms with van der Waals surface area (Å²) in [5, 5.41) is 10.8. The van der Waals surface area contributed by atoms with Gasteiger partial charge in [-0.3, -0.25) is 14.5 Å². The van der Waals surface area contributed by atoms with Gasteiger partial charge in [-0.25, -0.2) is 0 Å². The zero-order chi connectivity index (χ0) is 16.8. The van der Waals surface area contributed by atoms with Crippen molar-refractivity contribution in [1.29, 1.82) is 0 Å². The number of aromatic amines is 1. The Labute approximate surface area is 138 Å². The lowest BCUT2D eigenvalue weighted by Gasteiger charge is -2.22. The number of amides is 2. The third-order valence-electron chi connectivity index (χ3n) is 4.56. The van der Waals surface area contributed by atoms with Crippen molar-refractivity contribution in [2.75, 3.05) is 0 Å². The predicted molar refractivity (Wildman–Crippen MR) is 90.1 cm³/mol. The maximum absolute atomic E-state index is 12.6. The molecular formula is C19H16N2O3. The van der Waals surface area contributed by atoms with Crippen LogP contribution in [0, 0.1) is 0 Å². The SMILES string of the molecule is CC(Cc1c[nH]c2c(O)cccc12)N1C(=O)c2ccccc2C1=O. The van der Waals surface area contributed by atoms with Crippen LogP contribution in [-0.2, 0) is 6.42 Å². The Morgan fingerprint density at radius 2 is 1.71 bits per heavy atom. The van der Waals surface area contributed by atoms with Crippen LogP contribution in [0.4, 0.5) is 0 Å². The van der Waals surface area contributed by atoms with Crippen LogP contribution in [-0.4, -0.2) is 32.8 Å². The summed E-state index contributed by atoms with van der Waals surface area (Å²) in [7, 11) is 0. The van der Waals surface area contributed by atoms with E-state index in [1.807, 2.05) is 19.2 Å². The zero-order valence-electron chi connectivity index (χ0n) is 13.1. The van der Waals surface area contributed by atoms with Crippen molar-refractivity contribution in [1.82, 2.24) is 9.88 Å². The van der Waals surface area contributed by atoms with Crippen LogP contribution in [0.2, 0.25) is 0 Å². The van der Waals surface area contributed by atoms with E-state index in [0.29, 0.717) is 23.1 Å². The van der Waals surface area contributed by atoms with Crippen LogP contribution < -0.4 is 0 Å². The number of aromatic nitrogens is 1. The standard InChI is InChI=1S/C19H16N2O3/c1-11(9-12-10-20-17-13(12)7-4-8-16(17)22)21-18(23)14-5-2-3-6-15(14)19(21)24/h2-8,10-11,20,22H,9H2,1H3. The van der Waals surface area contributed by atoms with Gasteiger partial charge in [0.05, 0.1) is 16.6 Å². The average molecular weight is 320 g/mol. The molecule has 120 valence electrons. The van der Waals surface area contributed by atoms with Crippen LogP contribution in [0.5, 0.6) is 5.75 Å². The highest BCUT2D eigenvalue weighted by atomic mass is 16.3. The van der Waals surface area contributed by atoms with Gasteiger partial charge in [-0.05, 0) is 37.1 Å². The maximum Gasteiger partial charge on any atom is 0.261 e. The van der Waals surface area contributed by atoms with E-state index in [1.165, 1.54) is 4.90 Å². The van der Waals surface area contributed by atoms with Crippen molar-refractivity contribution in [2.24, 2.45) is 0 Å². The van der Waals surface area contributed by atoms with Crippen LogP contribution >= 0.6 is 0 Å². The lowest BCUT2D eigenvalue weighted by Crippen LogP contribution is -2.39. The van der Waals surface area contributed by atoms with Crippen LogP contribution in [0.25, 0.3) is 10.9 Å². The number of carbonyl (C=O) groups is 2. The van der Waals surface area contributed by atoms with Crippen molar-refractivity contribution in [3.63, 3.8) is 0 Å². The number of aromatic hydroxyl groups is 1. The molecule has 2 amide bonds. The van der Waals surface area contributed by atoms with Gasteiger partial charge in [-0.2, -0.15) is 0 Å². The number of hydrogen-bond acceptors (Lipinski definition) is 3. The fourth-order valence-corrected chi connectivity index (χ4v) is 3.38. The summed E-state index contributed by atoms with van der Waals surface area (Å²) in [6.07, 6.45) is 2.34. The fourth-order valence-electron chi connectivity index (χ4n) is 3.38. The molecule has 5 nitrogen and oxygen atoms in total. The molecule has 2 heterocycles. The number of H-pyrrole nitrogens is 1. The predicted octanol–water partition coefficient (Wildman–Crippen LogP) is 3.10. The molecule has 5 heteroatoms. The van der Waals surface area contributed by atoms with E-state index in [0.717, 1.165) is 10.9 Å². The molecule has 0 saturated heterocycles. The second kappa shape index (κ2) is 5.23. The molecule has 0 bridgehead atoms. The minimum absolute atomic E-state index is 0.187. The molecule has 0 radical (unpaired) electrons. The summed E-state index contributed by atoms with van der Waals surface area (Å²) in [6, 6.07) is 11.9. The normalized spacial score (nSPS) is 15.1. The van der Waals surface area contributed by atoms with Gasteiger partial charge in [0.15, 0.2) is 0 Å². The number of imide groups is 1. The molecule has 3 aromatic rings. The monoisotopic (exact) mass is 320 g/mol. The molecule has 1 unspecified atom stereocenters. The molecule has 0 spiro atoms. The van der Waals surface area contributed by atoms with E-state index in [1.54, 1.807) is 36.4 Å². The number of phenolic OH excluding ortho intramolecular Hbond substituents is 1. The molecule has 2 aromatic carbocycles. The highest BCUT2D eigenvalue weighted by Crippen LogP contribution is 2.29. The van der Waals surface area contributed by atoms with E-state index in [4.69, 9.17) is 0 Å². The summed E-state index contributed by atoms with van der Waals surface area (Å²) in [6.45, 7) is 1.86. The first-order chi connectivity index (χ1) is 11.6. The molecule has 0 saturated carbocycles. The Morgan fingerprint density at radius 1 is 1.04 bits per heavy atom. The average Bonchev–Trinajstić information content (AvgIpc) is 3.09. The first-order valence-electron chi connectivity index (χ1n) is 7.83. The molecule has 2 N–H and O–H groups in total. The van der Waals surface area contributed by atoms with Gasteiger partial charge >= 0.3 is 0 Å². The fraction of sp³-hybridized carbons (Fsp3) is 0.158. The largest absolute Gasteiger partial charge is 0.506 e. The third-order valence-corrected chi connectivity index (χ3v) is 4.56. The minimum atomic E-state index is -0.279. The Hall–Kier alpha value is -3.08. The summed E-state index contributed by atoms with van der Waals surface area (Å²) in [5.41, 5.74) is 2.56. The van der Waals surface area contributed by atoms with E-state index in [2.05, 4.69) is 4.98 Å². The van der Waals surface area contributed by atoms with Gasteiger partial charge in [0.2, 0.25) is 0 Å². The molecule has 1 atom stereocenters. The summed E-state index contributed by atoms with van der Waals surface area (Å²) < 4.78 is 0. The van der Waals surface area contributed by atoms with Crippen molar-refractivity contribution in [3.05, 3.63) is 65.4 Å². The number of hydrogen-bond donors (Lipinski definition) is 2. The third kappa shape index (κ3) is 2.01.